The Bertz CT molecular complexity index is 1070. The second kappa shape index (κ2) is 10.5. The number of carbonyl (C=O) groups is 2. The Hall–Kier alpha value is -3.74. The number of anilines is 3. The fourth-order valence-corrected chi connectivity index (χ4v) is 3.30. The molecule has 3 aromatic carbocycles. The highest BCUT2D eigenvalue weighted by Crippen LogP contribution is 2.23. The molecule has 0 atom stereocenters. The summed E-state index contributed by atoms with van der Waals surface area (Å²) in [6.45, 7) is 3.84. The summed E-state index contributed by atoms with van der Waals surface area (Å²) < 4.78 is 26.7. The van der Waals surface area contributed by atoms with Crippen molar-refractivity contribution in [1.29, 1.82) is 0 Å². The molecule has 0 saturated heterocycles. The molecule has 0 aliphatic carbocycles. The van der Waals surface area contributed by atoms with E-state index in [1.54, 1.807) is 4.90 Å². The van der Waals surface area contributed by atoms with E-state index >= 15 is 0 Å². The van der Waals surface area contributed by atoms with E-state index in [0.717, 1.165) is 29.2 Å². The molecular weight excluding hydrogens is 412 g/mol. The highest BCUT2D eigenvalue weighted by Gasteiger charge is 2.19. The molecule has 0 saturated carbocycles. The molecule has 0 unspecified atom stereocenters. The first-order chi connectivity index (χ1) is 15.3. The van der Waals surface area contributed by atoms with Crippen LogP contribution in [-0.4, -0.2) is 24.4 Å². The van der Waals surface area contributed by atoms with Crippen molar-refractivity contribution >= 4 is 28.9 Å². The lowest BCUT2D eigenvalue weighted by molar-refractivity contribution is -0.118. The van der Waals surface area contributed by atoms with Crippen LogP contribution < -0.4 is 15.5 Å². The summed E-state index contributed by atoms with van der Waals surface area (Å²) in [7, 11) is 0. The number of nitrogens with one attached hydrogen (secondary N) is 2. The number of benzene rings is 3. The number of nitrogens with zero attached hydrogens (tertiary/aromatic N) is 1. The predicted octanol–water partition coefficient (Wildman–Crippen LogP) is 5.27. The van der Waals surface area contributed by atoms with Crippen LogP contribution in [-0.2, 0) is 4.79 Å². The zero-order chi connectivity index (χ0) is 23.1. The van der Waals surface area contributed by atoms with Crippen molar-refractivity contribution in [3.8, 4) is 0 Å². The molecule has 3 aromatic rings. The minimum absolute atomic E-state index is 0.0331. The Morgan fingerprint density at radius 2 is 1.56 bits per heavy atom. The van der Waals surface area contributed by atoms with Crippen LogP contribution in [0, 0.1) is 11.6 Å². The van der Waals surface area contributed by atoms with Crippen molar-refractivity contribution in [3.63, 3.8) is 0 Å². The Balaban J connectivity index is 1.60. The summed E-state index contributed by atoms with van der Waals surface area (Å²) in [5.41, 5.74) is 2.33. The first-order valence-corrected chi connectivity index (χ1v) is 10.3. The first-order valence-electron chi connectivity index (χ1n) is 10.3. The molecule has 0 bridgehead atoms. The first kappa shape index (κ1) is 22.9. The van der Waals surface area contributed by atoms with Gasteiger partial charge in [-0.25, -0.2) is 8.78 Å². The lowest BCUT2D eigenvalue weighted by Crippen LogP contribution is -2.39. The van der Waals surface area contributed by atoms with Gasteiger partial charge in [-0.05, 0) is 62.4 Å². The molecular formula is C25H25F2N3O2. The zero-order valence-electron chi connectivity index (χ0n) is 17.9. The fourth-order valence-electron chi connectivity index (χ4n) is 3.30. The number of carbonyl (C=O) groups excluding carboxylic acids is 2. The van der Waals surface area contributed by atoms with Gasteiger partial charge in [0.15, 0.2) is 0 Å². The van der Waals surface area contributed by atoms with E-state index in [9.17, 15) is 18.4 Å². The number of amides is 2. The van der Waals surface area contributed by atoms with Crippen molar-refractivity contribution in [3.05, 3.63) is 90.0 Å². The second-order valence-electron chi connectivity index (χ2n) is 7.53. The molecule has 0 spiro atoms. The Morgan fingerprint density at radius 1 is 0.906 bits per heavy atom. The third-order valence-corrected chi connectivity index (χ3v) is 4.79. The molecule has 0 aromatic heterocycles. The van der Waals surface area contributed by atoms with Crippen LogP contribution in [0.4, 0.5) is 25.8 Å². The molecule has 0 aliphatic heterocycles. The van der Waals surface area contributed by atoms with Crippen molar-refractivity contribution in [1.82, 2.24) is 5.32 Å². The lowest BCUT2D eigenvalue weighted by Gasteiger charge is -2.27. The Kier molecular flexibility index (Phi) is 7.54. The molecule has 0 radical (unpaired) electrons. The normalized spacial score (nSPS) is 10.7. The summed E-state index contributed by atoms with van der Waals surface area (Å²) in [4.78, 5) is 26.6. The third kappa shape index (κ3) is 5.91. The molecule has 5 nitrogen and oxygen atoms in total. The van der Waals surface area contributed by atoms with Gasteiger partial charge in [0.2, 0.25) is 5.91 Å². The summed E-state index contributed by atoms with van der Waals surface area (Å²) in [6.07, 6.45) is 0.0384. The smallest absolute Gasteiger partial charge is 0.254 e. The van der Waals surface area contributed by atoms with E-state index < -0.39 is 17.5 Å². The Labute approximate surface area is 186 Å². The summed E-state index contributed by atoms with van der Waals surface area (Å²) in [6, 6.07) is 19.9. The van der Waals surface area contributed by atoms with E-state index in [4.69, 9.17) is 0 Å². The van der Waals surface area contributed by atoms with E-state index in [2.05, 4.69) is 10.6 Å². The topological polar surface area (TPSA) is 61.4 Å². The van der Waals surface area contributed by atoms with Crippen molar-refractivity contribution in [2.24, 2.45) is 0 Å². The van der Waals surface area contributed by atoms with Crippen LogP contribution in [0.25, 0.3) is 0 Å². The van der Waals surface area contributed by atoms with Gasteiger partial charge in [0, 0.05) is 42.1 Å². The minimum atomic E-state index is -0.943. The highest BCUT2D eigenvalue weighted by atomic mass is 19.1. The van der Waals surface area contributed by atoms with Gasteiger partial charge in [0.25, 0.3) is 5.91 Å². The quantitative estimate of drug-likeness (QED) is 0.505. The van der Waals surface area contributed by atoms with Gasteiger partial charge in [-0.3, -0.25) is 9.59 Å². The van der Waals surface area contributed by atoms with Crippen LogP contribution in [0.2, 0.25) is 0 Å². The van der Waals surface area contributed by atoms with Crippen LogP contribution in [0.15, 0.2) is 72.8 Å². The van der Waals surface area contributed by atoms with Crippen LogP contribution in [0.5, 0.6) is 0 Å². The Morgan fingerprint density at radius 3 is 2.19 bits per heavy atom. The SMILES string of the molecule is CC(C)N(C(=O)CCNC(=O)c1ccc(F)cc1F)c1ccc(Nc2ccccc2)cc1. The van der Waals surface area contributed by atoms with E-state index in [0.29, 0.717) is 6.07 Å². The standard InChI is InChI=1S/C25H25F2N3O2/c1-17(2)30(21-11-9-20(10-12-21)29-19-6-4-3-5-7-19)24(31)14-15-28-25(32)22-13-8-18(26)16-23(22)27/h3-13,16-17,29H,14-15H2,1-2H3,(H,28,32). The number of hydrogen-bond donors (Lipinski definition) is 2. The van der Waals surface area contributed by atoms with Gasteiger partial charge in [0.05, 0.1) is 5.56 Å². The van der Waals surface area contributed by atoms with E-state index in [1.165, 1.54) is 0 Å². The van der Waals surface area contributed by atoms with Crippen LogP contribution in [0.3, 0.4) is 0 Å². The molecule has 7 heteroatoms. The molecule has 2 N–H and O–H groups in total. The fraction of sp³-hybridized carbons (Fsp3) is 0.200. The highest BCUT2D eigenvalue weighted by molar-refractivity contribution is 5.96. The van der Waals surface area contributed by atoms with Gasteiger partial charge in [-0.15, -0.1) is 0 Å². The van der Waals surface area contributed by atoms with Gasteiger partial charge in [-0.1, -0.05) is 18.2 Å². The zero-order valence-corrected chi connectivity index (χ0v) is 17.9. The van der Waals surface area contributed by atoms with Crippen LogP contribution in [0.1, 0.15) is 30.6 Å². The molecule has 3 rings (SSSR count). The van der Waals surface area contributed by atoms with Crippen molar-refractivity contribution in [2.45, 2.75) is 26.3 Å². The maximum absolute atomic E-state index is 13.7. The monoisotopic (exact) mass is 437 g/mol. The summed E-state index contributed by atoms with van der Waals surface area (Å²) >= 11 is 0. The minimum Gasteiger partial charge on any atom is -0.356 e. The van der Waals surface area contributed by atoms with E-state index in [1.807, 2.05) is 68.4 Å². The van der Waals surface area contributed by atoms with E-state index in [-0.39, 0.29) is 30.5 Å². The van der Waals surface area contributed by atoms with Gasteiger partial charge in [0.1, 0.15) is 11.6 Å². The molecule has 2 amide bonds. The van der Waals surface area contributed by atoms with Crippen molar-refractivity contribution < 1.29 is 18.4 Å². The molecule has 32 heavy (non-hydrogen) atoms. The summed E-state index contributed by atoms with van der Waals surface area (Å²) in [5.74, 6) is -2.57. The average Bonchev–Trinajstić information content (AvgIpc) is 2.75. The molecule has 0 heterocycles. The van der Waals surface area contributed by atoms with Gasteiger partial charge < -0.3 is 15.5 Å². The van der Waals surface area contributed by atoms with Gasteiger partial charge in [-0.2, -0.15) is 0 Å². The molecule has 0 aliphatic rings. The third-order valence-electron chi connectivity index (χ3n) is 4.79. The maximum Gasteiger partial charge on any atom is 0.254 e. The summed E-state index contributed by atoms with van der Waals surface area (Å²) in [5, 5.41) is 5.81. The van der Waals surface area contributed by atoms with Crippen molar-refractivity contribution in [2.75, 3.05) is 16.8 Å². The number of rotatable bonds is 8. The molecule has 0 fully saturated rings. The van der Waals surface area contributed by atoms with Crippen LogP contribution >= 0.6 is 0 Å². The average molecular weight is 437 g/mol. The predicted molar refractivity (Wildman–Crippen MR) is 122 cm³/mol. The maximum atomic E-state index is 13.7. The largest absolute Gasteiger partial charge is 0.356 e. The molecule has 166 valence electrons. The van der Waals surface area contributed by atoms with Gasteiger partial charge >= 0.3 is 0 Å². The second-order valence-corrected chi connectivity index (χ2v) is 7.53. The number of halogens is 2. The lowest BCUT2D eigenvalue weighted by atomic mass is 10.1. The number of hydrogen-bond acceptors (Lipinski definition) is 3. The number of para-hydroxylation sites is 1.